The third-order valence-corrected chi connectivity index (χ3v) is 2.78. The molecule has 0 aliphatic carbocycles. The van der Waals surface area contributed by atoms with Crippen molar-refractivity contribution in [2.45, 2.75) is 19.4 Å². The van der Waals surface area contributed by atoms with Crippen LogP contribution in [0.3, 0.4) is 0 Å². The average molecular weight is 221 g/mol. The Morgan fingerprint density at radius 3 is 3.19 bits per heavy atom. The third kappa shape index (κ3) is 1.86. The van der Waals surface area contributed by atoms with Crippen LogP contribution < -0.4 is 15.8 Å². The average Bonchev–Trinajstić information content (AvgIpc) is 2.31. The molecule has 5 nitrogen and oxygen atoms in total. The Morgan fingerprint density at radius 2 is 2.50 bits per heavy atom. The summed E-state index contributed by atoms with van der Waals surface area (Å²) in [6.45, 7) is 2.43. The van der Waals surface area contributed by atoms with Crippen LogP contribution in [-0.2, 0) is 4.79 Å². The van der Waals surface area contributed by atoms with Crippen molar-refractivity contribution in [2.75, 3.05) is 11.9 Å². The van der Waals surface area contributed by atoms with Gasteiger partial charge in [-0.15, -0.1) is 0 Å². The number of amides is 1. The molecule has 0 spiro atoms. The van der Waals surface area contributed by atoms with Crippen molar-refractivity contribution in [1.82, 2.24) is 4.98 Å². The van der Waals surface area contributed by atoms with E-state index in [4.69, 9.17) is 10.5 Å². The SMILES string of the molecule is CCC(CN)C1Oc2cccnc2NC1=O. The van der Waals surface area contributed by atoms with Crippen molar-refractivity contribution >= 4 is 11.7 Å². The van der Waals surface area contributed by atoms with Crippen LogP contribution in [-0.4, -0.2) is 23.5 Å². The molecule has 3 N–H and O–H groups in total. The molecule has 5 heteroatoms. The predicted octanol–water partition coefficient (Wildman–Crippen LogP) is 0.766. The first-order valence-corrected chi connectivity index (χ1v) is 5.38. The Hall–Kier alpha value is -1.62. The molecule has 16 heavy (non-hydrogen) atoms. The summed E-state index contributed by atoms with van der Waals surface area (Å²) in [6.07, 6.45) is 1.92. The van der Waals surface area contributed by atoms with Crippen molar-refractivity contribution in [3.05, 3.63) is 18.3 Å². The number of nitrogens with one attached hydrogen (secondary N) is 1. The lowest BCUT2D eigenvalue weighted by Gasteiger charge is -2.29. The van der Waals surface area contributed by atoms with Gasteiger partial charge in [-0.2, -0.15) is 0 Å². The molecule has 2 rings (SSSR count). The van der Waals surface area contributed by atoms with E-state index in [9.17, 15) is 4.79 Å². The first-order chi connectivity index (χ1) is 7.76. The number of rotatable bonds is 3. The molecule has 2 unspecified atom stereocenters. The van der Waals surface area contributed by atoms with E-state index in [1.807, 2.05) is 6.92 Å². The lowest BCUT2D eigenvalue weighted by Crippen LogP contribution is -2.45. The molecule has 86 valence electrons. The highest BCUT2D eigenvalue weighted by molar-refractivity contribution is 5.96. The van der Waals surface area contributed by atoms with E-state index < -0.39 is 6.10 Å². The fraction of sp³-hybridized carbons (Fsp3) is 0.455. The smallest absolute Gasteiger partial charge is 0.267 e. The van der Waals surface area contributed by atoms with Gasteiger partial charge in [0.1, 0.15) is 0 Å². The van der Waals surface area contributed by atoms with E-state index >= 15 is 0 Å². The summed E-state index contributed by atoms with van der Waals surface area (Å²) in [6, 6.07) is 3.56. The van der Waals surface area contributed by atoms with E-state index in [0.29, 0.717) is 18.1 Å². The maximum absolute atomic E-state index is 11.8. The molecule has 1 aromatic rings. The normalized spacial score (nSPS) is 20.6. The second-order valence-corrected chi connectivity index (χ2v) is 3.78. The Bertz CT molecular complexity index is 391. The standard InChI is InChI=1S/C11H15N3O2/c1-2-7(6-12)9-11(15)14-10-8(16-9)4-3-5-13-10/h3-5,7,9H,2,6,12H2,1H3,(H,13,14,15). The van der Waals surface area contributed by atoms with Gasteiger partial charge in [-0.3, -0.25) is 4.79 Å². The second-order valence-electron chi connectivity index (χ2n) is 3.78. The number of carbonyl (C=O) groups excluding carboxylic acids is 1. The second kappa shape index (κ2) is 4.49. The van der Waals surface area contributed by atoms with Crippen LogP contribution in [0, 0.1) is 5.92 Å². The number of hydrogen-bond acceptors (Lipinski definition) is 4. The molecule has 0 saturated carbocycles. The molecular formula is C11H15N3O2. The van der Waals surface area contributed by atoms with Crippen molar-refractivity contribution in [3.63, 3.8) is 0 Å². The number of carbonyl (C=O) groups is 1. The summed E-state index contributed by atoms with van der Waals surface area (Å²) in [7, 11) is 0. The van der Waals surface area contributed by atoms with Gasteiger partial charge in [-0.05, 0) is 25.1 Å². The summed E-state index contributed by atoms with van der Waals surface area (Å²) >= 11 is 0. The quantitative estimate of drug-likeness (QED) is 0.790. The summed E-state index contributed by atoms with van der Waals surface area (Å²) < 4.78 is 5.63. The summed E-state index contributed by atoms with van der Waals surface area (Å²) in [5, 5.41) is 2.73. The summed E-state index contributed by atoms with van der Waals surface area (Å²) in [4.78, 5) is 15.8. The maximum atomic E-state index is 11.8. The van der Waals surface area contributed by atoms with Gasteiger partial charge in [0.05, 0.1) is 0 Å². The van der Waals surface area contributed by atoms with Crippen LogP contribution in [0.25, 0.3) is 0 Å². The zero-order valence-corrected chi connectivity index (χ0v) is 9.14. The number of anilines is 1. The molecule has 1 aliphatic rings. The number of fused-ring (bicyclic) bond motifs is 1. The largest absolute Gasteiger partial charge is 0.476 e. The minimum atomic E-state index is -0.508. The number of nitrogens with two attached hydrogens (primary N) is 1. The van der Waals surface area contributed by atoms with E-state index in [1.54, 1.807) is 18.3 Å². The van der Waals surface area contributed by atoms with Crippen LogP contribution in [0.5, 0.6) is 5.75 Å². The monoisotopic (exact) mass is 221 g/mol. The van der Waals surface area contributed by atoms with Gasteiger partial charge in [-0.25, -0.2) is 4.98 Å². The lowest BCUT2D eigenvalue weighted by atomic mass is 9.98. The molecule has 0 saturated heterocycles. The van der Waals surface area contributed by atoms with Crippen molar-refractivity contribution in [1.29, 1.82) is 0 Å². The number of aromatic nitrogens is 1. The number of nitrogens with zero attached hydrogens (tertiary/aromatic N) is 1. The van der Waals surface area contributed by atoms with E-state index in [1.165, 1.54) is 0 Å². The molecule has 2 atom stereocenters. The topological polar surface area (TPSA) is 77.2 Å². The van der Waals surface area contributed by atoms with Crippen LogP contribution in [0.2, 0.25) is 0 Å². The summed E-state index contributed by atoms with van der Waals surface area (Å²) in [5.74, 6) is 0.964. The zero-order valence-electron chi connectivity index (χ0n) is 9.14. The van der Waals surface area contributed by atoms with Gasteiger partial charge in [0.25, 0.3) is 5.91 Å². The molecular weight excluding hydrogens is 206 g/mol. The first-order valence-electron chi connectivity index (χ1n) is 5.38. The van der Waals surface area contributed by atoms with E-state index in [0.717, 1.165) is 6.42 Å². The highest BCUT2D eigenvalue weighted by atomic mass is 16.5. The van der Waals surface area contributed by atoms with Gasteiger partial charge in [0, 0.05) is 12.1 Å². The molecule has 2 heterocycles. The summed E-state index contributed by atoms with van der Waals surface area (Å²) in [5.41, 5.74) is 5.62. The Labute approximate surface area is 94.0 Å². The lowest BCUT2D eigenvalue weighted by molar-refractivity contribution is -0.125. The molecule has 0 aromatic carbocycles. The molecule has 0 fully saturated rings. The fourth-order valence-electron chi connectivity index (χ4n) is 1.77. The van der Waals surface area contributed by atoms with Gasteiger partial charge in [-0.1, -0.05) is 6.92 Å². The molecule has 0 bridgehead atoms. The highest BCUT2D eigenvalue weighted by Gasteiger charge is 2.33. The highest BCUT2D eigenvalue weighted by Crippen LogP contribution is 2.29. The van der Waals surface area contributed by atoms with Gasteiger partial charge in [0.15, 0.2) is 17.7 Å². The first kappa shape index (κ1) is 10.9. The Balaban J connectivity index is 2.24. The van der Waals surface area contributed by atoms with E-state index in [2.05, 4.69) is 10.3 Å². The number of pyridine rings is 1. The predicted molar refractivity (Wildman–Crippen MR) is 60.1 cm³/mol. The van der Waals surface area contributed by atoms with Crippen LogP contribution >= 0.6 is 0 Å². The Kier molecular flexibility index (Phi) is 3.05. The maximum Gasteiger partial charge on any atom is 0.267 e. The van der Waals surface area contributed by atoms with Gasteiger partial charge in [0.2, 0.25) is 0 Å². The van der Waals surface area contributed by atoms with Gasteiger partial charge < -0.3 is 15.8 Å². The van der Waals surface area contributed by atoms with Gasteiger partial charge >= 0.3 is 0 Å². The van der Waals surface area contributed by atoms with Crippen LogP contribution in [0.4, 0.5) is 5.82 Å². The van der Waals surface area contributed by atoms with Crippen LogP contribution in [0.1, 0.15) is 13.3 Å². The molecule has 1 aromatic heterocycles. The molecule has 1 amide bonds. The van der Waals surface area contributed by atoms with E-state index in [-0.39, 0.29) is 11.8 Å². The molecule has 0 radical (unpaired) electrons. The van der Waals surface area contributed by atoms with Crippen molar-refractivity contribution < 1.29 is 9.53 Å². The minimum absolute atomic E-state index is 0.0355. The number of ether oxygens (including phenoxy) is 1. The van der Waals surface area contributed by atoms with Crippen molar-refractivity contribution in [3.8, 4) is 5.75 Å². The zero-order chi connectivity index (χ0) is 11.5. The minimum Gasteiger partial charge on any atom is -0.476 e. The van der Waals surface area contributed by atoms with Crippen LogP contribution in [0.15, 0.2) is 18.3 Å². The fourth-order valence-corrected chi connectivity index (χ4v) is 1.77. The Morgan fingerprint density at radius 1 is 1.69 bits per heavy atom. The van der Waals surface area contributed by atoms with Crippen molar-refractivity contribution in [2.24, 2.45) is 11.7 Å². The molecule has 1 aliphatic heterocycles. The third-order valence-electron chi connectivity index (χ3n) is 2.78. The number of hydrogen-bond donors (Lipinski definition) is 2.